The molecule has 1 heterocycles. The Labute approximate surface area is 142 Å². The van der Waals surface area contributed by atoms with Crippen LogP contribution in [-0.2, 0) is 17.6 Å². The zero-order valence-electron chi connectivity index (χ0n) is 14.7. The largest absolute Gasteiger partial charge is 0.478 e. The molecule has 0 aromatic carbocycles. The quantitative estimate of drug-likeness (QED) is 0.845. The van der Waals surface area contributed by atoms with Gasteiger partial charge in [-0.05, 0) is 42.1 Å². The van der Waals surface area contributed by atoms with Crippen molar-refractivity contribution in [1.82, 2.24) is 0 Å². The Hall–Kier alpha value is -1.36. The molecule has 0 radical (unpaired) electrons. The maximum Gasteiger partial charge on any atom is 0.339 e. The second kappa shape index (κ2) is 6.63. The van der Waals surface area contributed by atoms with Crippen molar-refractivity contribution in [3.8, 4) is 0 Å². The number of hydrogen-bond donors (Lipinski definition) is 2. The number of carboxylic acid groups (broad SMARTS) is 1. The number of aromatic carboxylic acids is 1. The van der Waals surface area contributed by atoms with E-state index in [0.29, 0.717) is 22.9 Å². The third kappa shape index (κ3) is 4.14. The van der Waals surface area contributed by atoms with Crippen LogP contribution >= 0.6 is 11.3 Å². The third-order valence-electron chi connectivity index (χ3n) is 4.55. The van der Waals surface area contributed by atoms with Crippen LogP contribution in [-0.4, -0.2) is 17.0 Å². The van der Waals surface area contributed by atoms with Crippen molar-refractivity contribution in [3.05, 3.63) is 16.0 Å². The van der Waals surface area contributed by atoms with Crippen molar-refractivity contribution in [3.63, 3.8) is 0 Å². The van der Waals surface area contributed by atoms with Gasteiger partial charge >= 0.3 is 5.97 Å². The van der Waals surface area contributed by atoms with Crippen LogP contribution in [0.5, 0.6) is 0 Å². The molecule has 4 nitrogen and oxygen atoms in total. The van der Waals surface area contributed by atoms with Crippen LogP contribution in [0.15, 0.2) is 0 Å². The van der Waals surface area contributed by atoms with E-state index in [0.717, 1.165) is 29.7 Å². The van der Waals surface area contributed by atoms with Gasteiger partial charge in [0, 0.05) is 11.3 Å². The molecule has 5 heteroatoms. The summed E-state index contributed by atoms with van der Waals surface area (Å²) in [5, 5.41) is 12.9. The molecule has 23 heavy (non-hydrogen) atoms. The minimum absolute atomic E-state index is 0.103. The van der Waals surface area contributed by atoms with Gasteiger partial charge in [-0.25, -0.2) is 4.79 Å². The molecule has 0 spiro atoms. The Morgan fingerprint density at radius 2 is 2.00 bits per heavy atom. The van der Waals surface area contributed by atoms with Gasteiger partial charge in [-0.15, -0.1) is 11.3 Å². The maximum absolute atomic E-state index is 12.0. The lowest BCUT2D eigenvalue weighted by molar-refractivity contribution is -0.116. The molecule has 0 saturated heterocycles. The molecule has 0 bridgehead atoms. The van der Waals surface area contributed by atoms with Crippen molar-refractivity contribution < 1.29 is 14.7 Å². The molecule has 128 valence electrons. The Kier molecular flexibility index (Phi) is 5.19. The Morgan fingerprint density at radius 3 is 2.52 bits per heavy atom. The summed E-state index contributed by atoms with van der Waals surface area (Å²) in [6.07, 6.45) is 3.11. The minimum atomic E-state index is -0.934. The fourth-order valence-corrected chi connectivity index (χ4v) is 4.52. The van der Waals surface area contributed by atoms with E-state index < -0.39 is 5.97 Å². The molecule has 2 N–H and O–H groups in total. The monoisotopic (exact) mass is 337 g/mol. The average molecular weight is 337 g/mol. The van der Waals surface area contributed by atoms with Gasteiger partial charge in [0.2, 0.25) is 5.91 Å². The van der Waals surface area contributed by atoms with Crippen LogP contribution in [0.4, 0.5) is 5.00 Å². The summed E-state index contributed by atoms with van der Waals surface area (Å²) < 4.78 is 0. The van der Waals surface area contributed by atoms with Gasteiger partial charge in [0.05, 0.1) is 5.56 Å². The molecule has 0 fully saturated rings. The first-order valence-electron chi connectivity index (χ1n) is 8.27. The highest BCUT2D eigenvalue weighted by molar-refractivity contribution is 7.17. The fraction of sp³-hybridized carbons (Fsp3) is 0.667. The zero-order valence-corrected chi connectivity index (χ0v) is 15.5. The molecule has 2 rings (SSSR count). The van der Waals surface area contributed by atoms with E-state index in [2.05, 4.69) is 26.1 Å². The van der Waals surface area contributed by atoms with Crippen molar-refractivity contribution in [2.24, 2.45) is 17.3 Å². The topological polar surface area (TPSA) is 66.4 Å². The molecule has 1 aliphatic rings. The van der Waals surface area contributed by atoms with E-state index >= 15 is 0 Å². The Bertz CT molecular complexity index is 611. The lowest BCUT2D eigenvalue weighted by Gasteiger charge is -2.33. The number of thiophene rings is 1. The number of fused-ring (bicyclic) bond motifs is 1. The molecule has 1 amide bonds. The van der Waals surface area contributed by atoms with Gasteiger partial charge in [-0.1, -0.05) is 34.6 Å². The number of carbonyl (C=O) groups is 2. The standard InChI is InChI=1S/C18H27NO3S/c1-10(2)8-14(20)19-16-15(17(21)22)12-7-6-11(18(3,4)5)9-13(12)23-16/h10-11H,6-9H2,1-5H3,(H,19,20)(H,21,22). The van der Waals surface area contributed by atoms with E-state index in [1.54, 1.807) is 0 Å². The Morgan fingerprint density at radius 1 is 1.35 bits per heavy atom. The number of carboxylic acids is 1. The van der Waals surface area contributed by atoms with Gasteiger partial charge in [-0.3, -0.25) is 4.79 Å². The highest BCUT2D eigenvalue weighted by Crippen LogP contribution is 2.44. The van der Waals surface area contributed by atoms with Gasteiger partial charge in [0.15, 0.2) is 0 Å². The van der Waals surface area contributed by atoms with Crippen LogP contribution in [0.25, 0.3) is 0 Å². The normalized spacial score (nSPS) is 17.9. The summed E-state index contributed by atoms with van der Waals surface area (Å²) in [5.41, 5.74) is 1.46. The molecule has 1 aliphatic carbocycles. The number of amides is 1. The smallest absolute Gasteiger partial charge is 0.339 e. The van der Waals surface area contributed by atoms with Gasteiger partial charge in [0.25, 0.3) is 0 Å². The highest BCUT2D eigenvalue weighted by Gasteiger charge is 2.34. The molecule has 0 aliphatic heterocycles. The first kappa shape index (κ1) is 18.0. The second-order valence-corrected chi connectivity index (χ2v) is 9.07. The van der Waals surface area contributed by atoms with E-state index in [1.807, 2.05) is 13.8 Å². The second-order valence-electron chi connectivity index (χ2n) is 7.96. The summed E-state index contributed by atoms with van der Waals surface area (Å²) in [6, 6.07) is 0. The van der Waals surface area contributed by atoms with Gasteiger partial charge in [-0.2, -0.15) is 0 Å². The third-order valence-corrected chi connectivity index (χ3v) is 5.72. The van der Waals surface area contributed by atoms with E-state index in [1.165, 1.54) is 11.3 Å². The summed E-state index contributed by atoms with van der Waals surface area (Å²) in [5.74, 6) is -0.234. The van der Waals surface area contributed by atoms with Crippen molar-refractivity contribution >= 4 is 28.2 Å². The van der Waals surface area contributed by atoms with Crippen molar-refractivity contribution in [1.29, 1.82) is 0 Å². The molecule has 1 aromatic heterocycles. The minimum Gasteiger partial charge on any atom is -0.478 e. The van der Waals surface area contributed by atoms with Gasteiger partial charge in [0.1, 0.15) is 5.00 Å². The molecule has 1 aromatic rings. The predicted molar refractivity (Wildman–Crippen MR) is 94.3 cm³/mol. The summed E-state index contributed by atoms with van der Waals surface area (Å²) in [4.78, 5) is 24.9. The molecular weight excluding hydrogens is 310 g/mol. The SMILES string of the molecule is CC(C)CC(=O)Nc1sc2c(c1C(=O)O)CCC(C(C)(C)C)C2. The number of rotatable bonds is 4. The summed E-state index contributed by atoms with van der Waals surface area (Å²) >= 11 is 1.45. The Balaban J connectivity index is 2.30. The lowest BCUT2D eigenvalue weighted by Crippen LogP contribution is -2.26. The van der Waals surface area contributed by atoms with E-state index in [-0.39, 0.29) is 17.2 Å². The number of anilines is 1. The van der Waals surface area contributed by atoms with E-state index in [4.69, 9.17) is 0 Å². The summed E-state index contributed by atoms with van der Waals surface area (Å²) in [6.45, 7) is 10.7. The lowest BCUT2D eigenvalue weighted by atomic mass is 9.72. The number of carbonyl (C=O) groups excluding carboxylic acids is 1. The molecule has 0 saturated carbocycles. The molecular formula is C18H27NO3S. The number of nitrogens with one attached hydrogen (secondary N) is 1. The van der Waals surface area contributed by atoms with Crippen LogP contribution < -0.4 is 5.32 Å². The van der Waals surface area contributed by atoms with Gasteiger partial charge < -0.3 is 10.4 Å². The average Bonchev–Trinajstić information content (AvgIpc) is 2.72. The summed E-state index contributed by atoms with van der Waals surface area (Å²) in [7, 11) is 0. The highest BCUT2D eigenvalue weighted by atomic mass is 32.1. The van der Waals surface area contributed by atoms with E-state index in [9.17, 15) is 14.7 Å². The molecule has 1 unspecified atom stereocenters. The van der Waals surface area contributed by atoms with Crippen molar-refractivity contribution in [2.75, 3.05) is 5.32 Å². The molecule has 1 atom stereocenters. The van der Waals surface area contributed by atoms with Crippen LogP contribution in [0.2, 0.25) is 0 Å². The number of hydrogen-bond acceptors (Lipinski definition) is 3. The van der Waals surface area contributed by atoms with Crippen molar-refractivity contribution in [2.45, 2.75) is 60.3 Å². The fourth-order valence-electron chi connectivity index (χ4n) is 3.19. The maximum atomic E-state index is 12.0. The van der Waals surface area contributed by atoms with Crippen LogP contribution in [0.3, 0.4) is 0 Å². The van der Waals surface area contributed by atoms with Crippen LogP contribution in [0, 0.1) is 17.3 Å². The first-order valence-corrected chi connectivity index (χ1v) is 9.09. The van der Waals surface area contributed by atoms with Crippen LogP contribution in [0.1, 0.15) is 68.3 Å². The predicted octanol–water partition coefficient (Wildman–Crippen LogP) is 4.58. The zero-order chi connectivity index (χ0) is 17.4. The first-order chi connectivity index (χ1) is 10.6.